The molecule has 1 N–H and O–H groups in total. The summed E-state index contributed by atoms with van der Waals surface area (Å²) >= 11 is 5.19. The van der Waals surface area contributed by atoms with Crippen LogP contribution in [0.2, 0.25) is 0 Å². The highest BCUT2D eigenvalue weighted by atomic mass is 79.9. The van der Waals surface area contributed by atoms with E-state index in [1.807, 2.05) is 18.3 Å². The Balaban J connectivity index is 2.20. The van der Waals surface area contributed by atoms with Gasteiger partial charge in [0, 0.05) is 27.2 Å². The zero-order chi connectivity index (χ0) is 12.3. The molecule has 0 fully saturated rings. The van der Waals surface area contributed by atoms with Crippen molar-refractivity contribution in [2.45, 2.75) is 19.9 Å². The van der Waals surface area contributed by atoms with Crippen LogP contribution in [0, 0.1) is 0 Å². The van der Waals surface area contributed by atoms with Crippen LogP contribution in [-0.2, 0) is 0 Å². The summed E-state index contributed by atoms with van der Waals surface area (Å²) in [5.41, 5.74) is 1.17. The normalized spacial score (nSPS) is 12.6. The second kappa shape index (κ2) is 5.76. The zero-order valence-electron chi connectivity index (χ0n) is 9.90. The predicted molar refractivity (Wildman–Crippen MR) is 77.3 cm³/mol. The maximum atomic E-state index is 4.48. The van der Waals surface area contributed by atoms with E-state index in [4.69, 9.17) is 0 Å². The summed E-state index contributed by atoms with van der Waals surface area (Å²) in [5.74, 6) is 0. The van der Waals surface area contributed by atoms with Crippen LogP contribution in [0.1, 0.15) is 24.8 Å². The third kappa shape index (κ3) is 3.15. The van der Waals surface area contributed by atoms with Crippen LogP contribution in [0.25, 0.3) is 10.6 Å². The van der Waals surface area contributed by atoms with Crippen molar-refractivity contribution in [2.24, 2.45) is 0 Å². The molecule has 0 saturated carbocycles. The Hall–Kier alpha value is -0.710. The number of hydrogen-bond acceptors (Lipinski definition) is 3. The molecular weight excluding hydrogens is 296 g/mol. The SMILES string of the molecule is CCNC(C)c1cnc(-c2ccc(Br)cc2)s1. The Morgan fingerprint density at radius 3 is 2.71 bits per heavy atom. The molecule has 0 aliphatic rings. The molecular formula is C13H15BrN2S. The van der Waals surface area contributed by atoms with Gasteiger partial charge in [0.15, 0.2) is 0 Å². The molecule has 17 heavy (non-hydrogen) atoms. The van der Waals surface area contributed by atoms with Gasteiger partial charge in [-0.3, -0.25) is 0 Å². The van der Waals surface area contributed by atoms with Crippen LogP contribution in [0.5, 0.6) is 0 Å². The summed E-state index contributed by atoms with van der Waals surface area (Å²) in [6.07, 6.45) is 1.97. The summed E-state index contributed by atoms with van der Waals surface area (Å²) in [7, 11) is 0. The third-order valence-corrected chi connectivity index (χ3v) is 4.31. The molecule has 0 radical (unpaired) electrons. The fraction of sp³-hybridized carbons (Fsp3) is 0.308. The first-order chi connectivity index (χ1) is 8.20. The average molecular weight is 311 g/mol. The molecule has 0 bridgehead atoms. The van der Waals surface area contributed by atoms with E-state index in [-0.39, 0.29) is 0 Å². The van der Waals surface area contributed by atoms with Crippen molar-refractivity contribution in [3.8, 4) is 10.6 Å². The quantitative estimate of drug-likeness (QED) is 0.913. The minimum Gasteiger partial charge on any atom is -0.310 e. The second-order valence-corrected chi connectivity index (χ2v) is 5.83. The minimum atomic E-state index is 0.377. The fourth-order valence-corrected chi connectivity index (χ4v) is 2.83. The number of rotatable bonds is 4. The zero-order valence-corrected chi connectivity index (χ0v) is 12.3. The lowest BCUT2D eigenvalue weighted by atomic mass is 10.2. The molecule has 0 aliphatic carbocycles. The van der Waals surface area contributed by atoms with Gasteiger partial charge in [0.1, 0.15) is 5.01 Å². The number of aromatic nitrogens is 1. The van der Waals surface area contributed by atoms with Crippen molar-refractivity contribution in [1.29, 1.82) is 0 Å². The number of nitrogens with one attached hydrogen (secondary N) is 1. The predicted octanol–water partition coefficient (Wildman–Crippen LogP) is 4.24. The minimum absolute atomic E-state index is 0.377. The largest absolute Gasteiger partial charge is 0.310 e. The van der Waals surface area contributed by atoms with Gasteiger partial charge in [-0.05, 0) is 25.6 Å². The van der Waals surface area contributed by atoms with Gasteiger partial charge in [0.2, 0.25) is 0 Å². The molecule has 1 aromatic heterocycles. The average Bonchev–Trinajstić information content (AvgIpc) is 2.80. The number of nitrogens with zero attached hydrogens (tertiary/aromatic N) is 1. The lowest BCUT2D eigenvalue weighted by molar-refractivity contribution is 0.606. The molecule has 2 nitrogen and oxygen atoms in total. The Labute approximate surface area is 114 Å². The number of hydrogen-bond donors (Lipinski definition) is 1. The molecule has 0 saturated heterocycles. The van der Waals surface area contributed by atoms with Gasteiger partial charge >= 0.3 is 0 Å². The van der Waals surface area contributed by atoms with Crippen LogP contribution in [0.15, 0.2) is 34.9 Å². The van der Waals surface area contributed by atoms with Crippen molar-refractivity contribution < 1.29 is 0 Å². The van der Waals surface area contributed by atoms with E-state index in [2.05, 4.69) is 52.2 Å². The van der Waals surface area contributed by atoms with Gasteiger partial charge in [-0.1, -0.05) is 35.0 Å². The topological polar surface area (TPSA) is 24.9 Å². The maximum absolute atomic E-state index is 4.48. The Morgan fingerprint density at radius 2 is 2.06 bits per heavy atom. The Bertz CT molecular complexity index is 478. The lowest BCUT2D eigenvalue weighted by Crippen LogP contribution is -2.16. The van der Waals surface area contributed by atoms with Crippen molar-refractivity contribution in [3.05, 3.63) is 39.8 Å². The van der Waals surface area contributed by atoms with Crippen LogP contribution in [-0.4, -0.2) is 11.5 Å². The smallest absolute Gasteiger partial charge is 0.123 e. The molecule has 4 heteroatoms. The van der Waals surface area contributed by atoms with Gasteiger partial charge in [-0.15, -0.1) is 11.3 Å². The van der Waals surface area contributed by atoms with Gasteiger partial charge in [0.05, 0.1) is 0 Å². The lowest BCUT2D eigenvalue weighted by Gasteiger charge is -2.08. The van der Waals surface area contributed by atoms with Gasteiger partial charge in [-0.25, -0.2) is 4.98 Å². The van der Waals surface area contributed by atoms with E-state index in [1.54, 1.807) is 11.3 Å². The molecule has 0 spiro atoms. The monoisotopic (exact) mass is 310 g/mol. The molecule has 1 unspecified atom stereocenters. The molecule has 90 valence electrons. The van der Waals surface area contributed by atoms with Crippen molar-refractivity contribution in [1.82, 2.24) is 10.3 Å². The molecule has 0 aliphatic heterocycles. The van der Waals surface area contributed by atoms with E-state index in [9.17, 15) is 0 Å². The molecule has 1 heterocycles. The molecule has 2 rings (SSSR count). The molecule has 2 aromatic rings. The first kappa shape index (κ1) is 12.7. The fourth-order valence-electron chi connectivity index (χ4n) is 1.62. The number of halogens is 1. The van der Waals surface area contributed by atoms with Crippen LogP contribution in [0.4, 0.5) is 0 Å². The first-order valence-electron chi connectivity index (χ1n) is 5.65. The Kier molecular flexibility index (Phi) is 4.31. The molecule has 0 amide bonds. The summed E-state index contributed by atoms with van der Waals surface area (Å²) in [5, 5.41) is 4.48. The van der Waals surface area contributed by atoms with Gasteiger partial charge < -0.3 is 5.32 Å². The van der Waals surface area contributed by atoms with E-state index in [0.29, 0.717) is 6.04 Å². The summed E-state index contributed by atoms with van der Waals surface area (Å²) in [4.78, 5) is 5.76. The van der Waals surface area contributed by atoms with Crippen LogP contribution < -0.4 is 5.32 Å². The van der Waals surface area contributed by atoms with Gasteiger partial charge in [0.25, 0.3) is 0 Å². The van der Waals surface area contributed by atoms with Crippen molar-refractivity contribution >= 4 is 27.3 Å². The number of benzene rings is 1. The van der Waals surface area contributed by atoms with Crippen LogP contribution in [0.3, 0.4) is 0 Å². The van der Waals surface area contributed by atoms with Crippen LogP contribution >= 0.6 is 27.3 Å². The highest BCUT2D eigenvalue weighted by Gasteiger charge is 2.09. The third-order valence-electron chi connectivity index (χ3n) is 2.55. The molecule has 1 atom stereocenters. The first-order valence-corrected chi connectivity index (χ1v) is 7.26. The van der Waals surface area contributed by atoms with Gasteiger partial charge in [-0.2, -0.15) is 0 Å². The van der Waals surface area contributed by atoms with Crippen molar-refractivity contribution in [2.75, 3.05) is 6.54 Å². The highest BCUT2D eigenvalue weighted by Crippen LogP contribution is 2.29. The van der Waals surface area contributed by atoms with E-state index < -0.39 is 0 Å². The number of thiazole rings is 1. The van der Waals surface area contributed by atoms with E-state index in [0.717, 1.165) is 16.0 Å². The van der Waals surface area contributed by atoms with E-state index >= 15 is 0 Å². The van der Waals surface area contributed by atoms with E-state index in [1.165, 1.54) is 10.4 Å². The molecule has 1 aromatic carbocycles. The van der Waals surface area contributed by atoms with Crippen molar-refractivity contribution in [3.63, 3.8) is 0 Å². The Morgan fingerprint density at radius 1 is 1.35 bits per heavy atom. The second-order valence-electron chi connectivity index (χ2n) is 3.85. The highest BCUT2D eigenvalue weighted by molar-refractivity contribution is 9.10. The standard InChI is InChI=1S/C13H15BrN2S/c1-3-15-9(2)12-8-16-13(17-12)10-4-6-11(14)7-5-10/h4-9,15H,3H2,1-2H3. The summed E-state index contributed by atoms with van der Waals surface area (Å²) in [6, 6.07) is 8.64. The maximum Gasteiger partial charge on any atom is 0.123 e. The summed E-state index contributed by atoms with van der Waals surface area (Å²) in [6.45, 7) is 5.27. The summed E-state index contributed by atoms with van der Waals surface area (Å²) < 4.78 is 1.10.